The van der Waals surface area contributed by atoms with Crippen molar-refractivity contribution in [3.05, 3.63) is 60.2 Å². The van der Waals surface area contributed by atoms with E-state index in [1.54, 1.807) is 42.3 Å². The third kappa shape index (κ3) is 5.23. The van der Waals surface area contributed by atoms with Crippen LogP contribution in [-0.4, -0.2) is 64.8 Å². The Bertz CT molecular complexity index is 960. The Kier molecular flexibility index (Phi) is 6.68. The molecule has 1 aliphatic rings. The molecular weight excluding hydrogens is 398 g/mol. The highest BCUT2D eigenvalue weighted by Gasteiger charge is 2.22. The van der Waals surface area contributed by atoms with E-state index in [2.05, 4.69) is 10.3 Å². The number of guanidine groups is 1. The van der Waals surface area contributed by atoms with Gasteiger partial charge in [0, 0.05) is 45.8 Å². The third-order valence-electron chi connectivity index (χ3n) is 4.80. The predicted molar refractivity (Wildman–Crippen MR) is 110 cm³/mol. The lowest BCUT2D eigenvalue weighted by Gasteiger charge is -2.37. The Labute approximate surface area is 169 Å². The van der Waals surface area contributed by atoms with Gasteiger partial charge < -0.3 is 15.1 Å². The minimum atomic E-state index is -3.37. The normalized spacial score (nSPS) is 15.5. The predicted octanol–water partition coefficient (Wildman–Crippen LogP) is 2.14. The highest BCUT2D eigenvalue weighted by atomic mass is 32.2. The van der Waals surface area contributed by atoms with Gasteiger partial charge >= 0.3 is 0 Å². The fourth-order valence-corrected chi connectivity index (χ4v) is 4.44. The molecule has 156 valence electrons. The lowest BCUT2D eigenvalue weighted by molar-refractivity contribution is 0.371. The topological polar surface area (TPSA) is 65.0 Å². The van der Waals surface area contributed by atoms with Crippen molar-refractivity contribution in [2.45, 2.75) is 4.90 Å². The molecule has 0 spiro atoms. The standard InChI is InChI=1S/C20H24F2N4O2S/c1-23-20(24-9-14-29(27,28)17-5-3-2-4-6-17)26-12-10-25(11-13-26)19-15-16(21)7-8-18(19)22/h2-8,15H,9-14H2,1H3,(H,23,24). The van der Waals surface area contributed by atoms with Gasteiger partial charge in [0.1, 0.15) is 11.6 Å². The van der Waals surface area contributed by atoms with Gasteiger partial charge in [0.05, 0.1) is 16.3 Å². The molecule has 6 nitrogen and oxygen atoms in total. The summed E-state index contributed by atoms with van der Waals surface area (Å²) in [6.45, 7) is 2.34. The van der Waals surface area contributed by atoms with Crippen molar-refractivity contribution in [3.8, 4) is 0 Å². The van der Waals surface area contributed by atoms with Gasteiger partial charge in [-0.2, -0.15) is 0 Å². The number of piperazine rings is 1. The molecular formula is C20H24F2N4O2S. The van der Waals surface area contributed by atoms with E-state index >= 15 is 0 Å². The smallest absolute Gasteiger partial charge is 0.193 e. The molecule has 0 saturated carbocycles. The maximum atomic E-state index is 14.0. The van der Waals surface area contributed by atoms with Crippen LogP contribution in [-0.2, 0) is 9.84 Å². The number of benzene rings is 2. The molecule has 0 radical (unpaired) electrons. The maximum absolute atomic E-state index is 14.0. The number of nitrogens with zero attached hydrogens (tertiary/aromatic N) is 3. The van der Waals surface area contributed by atoms with Gasteiger partial charge in [0.2, 0.25) is 0 Å². The van der Waals surface area contributed by atoms with Crippen LogP contribution in [0, 0.1) is 11.6 Å². The van der Waals surface area contributed by atoms with Crippen LogP contribution in [0.3, 0.4) is 0 Å². The van der Waals surface area contributed by atoms with Crippen molar-refractivity contribution in [3.63, 3.8) is 0 Å². The lowest BCUT2D eigenvalue weighted by Crippen LogP contribution is -2.53. The fourth-order valence-electron chi connectivity index (χ4n) is 3.26. The lowest BCUT2D eigenvalue weighted by atomic mass is 10.2. The molecule has 9 heteroatoms. The van der Waals surface area contributed by atoms with Crippen LogP contribution in [0.4, 0.5) is 14.5 Å². The molecule has 0 aromatic heterocycles. The average Bonchev–Trinajstić information content (AvgIpc) is 2.74. The first-order chi connectivity index (χ1) is 13.9. The number of aliphatic imine (C=N–C) groups is 1. The van der Waals surface area contributed by atoms with Crippen molar-refractivity contribution >= 4 is 21.5 Å². The van der Waals surface area contributed by atoms with Crippen LogP contribution < -0.4 is 10.2 Å². The van der Waals surface area contributed by atoms with Crippen LogP contribution in [0.5, 0.6) is 0 Å². The summed E-state index contributed by atoms with van der Waals surface area (Å²) in [4.78, 5) is 8.28. The third-order valence-corrected chi connectivity index (χ3v) is 6.53. The maximum Gasteiger partial charge on any atom is 0.193 e. The van der Waals surface area contributed by atoms with Gasteiger partial charge in [-0.05, 0) is 24.3 Å². The number of hydrogen-bond donors (Lipinski definition) is 1. The molecule has 1 N–H and O–H groups in total. The van der Waals surface area contributed by atoms with Gasteiger partial charge in [-0.1, -0.05) is 18.2 Å². The molecule has 0 atom stereocenters. The second-order valence-corrected chi connectivity index (χ2v) is 8.78. The zero-order valence-electron chi connectivity index (χ0n) is 16.2. The van der Waals surface area contributed by atoms with Crippen LogP contribution >= 0.6 is 0 Å². The Morgan fingerprint density at radius 3 is 2.41 bits per heavy atom. The number of sulfone groups is 1. The molecule has 2 aromatic carbocycles. The van der Waals surface area contributed by atoms with Crippen LogP contribution in [0.25, 0.3) is 0 Å². The van der Waals surface area contributed by atoms with Gasteiger partial charge in [-0.15, -0.1) is 0 Å². The molecule has 0 aliphatic carbocycles. The first-order valence-electron chi connectivity index (χ1n) is 9.34. The minimum Gasteiger partial charge on any atom is -0.366 e. The van der Waals surface area contributed by atoms with E-state index in [4.69, 9.17) is 0 Å². The van der Waals surface area contributed by atoms with Crippen LogP contribution in [0.2, 0.25) is 0 Å². The molecule has 1 saturated heterocycles. The zero-order valence-corrected chi connectivity index (χ0v) is 17.0. The SMILES string of the molecule is CN=C(NCCS(=O)(=O)c1ccccc1)N1CCN(c2cc(F)ccc2F)CC1. The summed E-state index contributed by atoms with van der Waals surface area (Å²) >= 11 is 0. The van der Waals surface area contributed by atoms with E-state index in [0.717, 1.165) is 12.1 Å². The summed E-state index contributed by atoms with van der Waals surface area (Å²) < 4.78 is 52.2. The van der Waals surface area contributed by atoms with E-state index < -0.39 is 21.5 Å². The summed E-state index contributed by atoms with van der Waals surface area (Å²) in [5.41, 5.74) is 0.251. The van der Waals surface area contributed by atoms with E-state index in [-0.39, 0.29) is 18.0 Å². The van der Waals surface area contributed by atoms with Crippen molar-refractivity contribution in [1.29, 1.82) is 0 Å². The average molecular weight is 423 g/mol. The molecule has 2 aromatic rings. The van der Waals surface area contributed by atoms with Gasteiger partial charge in [-0.3, -0.25) is 4.99 Å². The van der Waals surface area contributed by atoms with Crippen LogP contribution in [0.15, 0.2) is 58.4 Å². The molecule has 3 rings (SSSR count). The highest BCUT2D eigenvalue weighted by molar-refractivity contribution is 7.91. The second-order valence-electron chi connectivity index (χ2n) is 6.68. The van der Waals surface area contributed by atoms with E-state index in [1.165, 1.54) is 6.07 Å². The number of hydrogen-bond acceptors (Lipinski definition) is 4. The number of anilines is 1. The Morgan fingerprint density at radius 1 is 1.07 bits per heavy atom. The second kappa shape index (κ2) is 9.21. The van der Waals surface area contributed by atoms with Crippen molar-refractivity contribution < 1.29 is 17.2 Å². The van der Waals surface area contributed by atoms with Crippen molar-refractivity contribution in [2.75, 3.05) is 50.4 Å². The molecule has 1 heterocycles. The fraction of sp³-hybridized carbons (Fsp3) is 0.350. The highest BCUT2D eigenvalue weighted by Crippen LogP contribution is 2.22. The van der Waals surface area contributed by atoms with Gasteiger partial charge in [0.15, 0.2) is 15.8 Å². The monoisotopic (exact) mass is 422 g/mol. The van der Waals surface area contributed by atoms with Crippen molar-refractivity contribution in [1.82, 2.24) is 10.2 Å². The van der Waals surface area contributed by atoms with Crippen LogP contribution in [0.1, 0.15) is 0 Å². The van der Waals surface area contributed by atoms with E-state index in [9.17, 15) is 17.2 Å². The summed E-state index contributed by atoms with van der Waals surface area (Å²) in [5, 5.41) is 3.08. The first-order valence-corrected chi connectivity index (χ1v) is 11.0. The summed E-state index contributed by atoms with van der Waals surface area (Å²) in [7, 11) is -1.74. The Balaban J connectivity index is 1.54. The Hall–Kier alpha value is -2.68. The van der Waals surface area contributed by atoms with E-state index in [0.29, 0.717) is 37.0 Å². The van der Waals surface area contributed by atoms with Gasteiger partial charge in [-0.25, -0.2) is 17.2 Å². The largest absolute Gasteiger partial charge is 0.366 e. The summed E-state index contributed by atoms with van der Waals surface area (Å²) in [6.07, 6.45) is 0. The zero-order chi connectivity index (χ0) is 20.9. The first kappa shape index (κ1) is 21.0. The minimum absolute atomic E-state index is 0.0511. The molecule has 1 fully saturated rings. The molecule has 0 bridgehead atoms. The number of rotatable bonds is 5. The number of halogens is 2. The van der Waals surface area contributed by atoms with Crippen molar-refractivity contribution in [2.24, 2.45) is 4.99 Å². The number of nitrogens with one attached hydrogen (secondary N) is 1. The molecule has 0 amide bonds. The Morgan fingerprint density at radius 2 is 1.76 bits per heavy atom. The van der Waals surface area contributed by atoms with Gasteiger partial charge in [0.25, 0.3) is 0 Å². The summed E-state index contributed by atoms with van der Waals surface area (Å²) in [5.74, 6) is -0.383. The quantitative estimate of drug-likeness (QED) is 0.591. The molecule has 0 unspecified atom stereocenters. The molecule has 29 heavy (non-hydrogen) atoms. The summed E-state index contributed by atoms with van der Waals surface area (Å²) in [6, 6.07) is 11.8. The molecule has 1 aliphatic heterocycles. The van der Waals surface area contributed by atoms with E-state index in [1.807, 2.05) is 4.90 Å².